The Balaban J connectivity index is 1.72. The van der Waals surface area contributed by atoms with Crippen LogP contribution in [0, 0.1) is 6.92 Å². The molecule has 0 aliphatic carbocycles. The van der Waals surface area contributed by atoms with Gasteiger partial charge < -0.3 is 4.74 Å². The lowest BCUT2D eigenvalue weighted by Gasteiger charge is -2.42. The van der Waals surface area contributed by atoms with Crippen LogP contribution >= 0.6 is 0 Å². The zero-order chi connectivity index (χ0) is 25.0. The van der Waals surface area contributed by atoms with Gasteiger partial charge in [-0.15, -0.1) is 6.58 Å². The lowest BCUT2D eigenvalue weighted by Crippen LogP contribution is -2.58. The molecule has 180 valence electrons. The number of carbonyl (C=O) groups excluding carboxylic acids is 2. The van der Waals surface area contributed by atoms with Gasteiger partial charge in [-0.05, 0) is 36.6 Å². The molecule has 0 bridgehead atoms. The van der Waals surface area contributed by atoms with Crippen LogP contribution in [0.3, 0.4) is 0 Å². The summed E-state index contributed by atoms with van der Waals surface area (Å²) in [5, 5.41) is 0. The highest BCUT2D eigenvalue weighted by atomic mass is 32.2. The van der Waals surface area contributed by atoms with E-state index in [9.17, 15) is 18.0 Å². The smallest absolute Gasteiger partial charge is 0.418 e. The summed E-state index contributed by atoms with van der Waals surface area (Å²) in [5.74, 6) is 0. The molecule has 3 amide bonds. The zero-order valence-electron chi connectivity index (χ0n) is 19.3. The van der Waals surface area contributed by atoms with Gasteiger partial charge in [0, 0.05) is 0 Å². The fourth-order valence-corrected chi connectivity index (χ4v) is 5.59. The van der Waals surface area contributed by atoms with Crippen LogP contribution in [-0.4, -0.2) is 35.8 Å². The van der Waals surface area contributed by atoms with E-state index < -0.39 is 34.2 Å². The first-order chi connectivity index (χ1) is 16.8. The summed E-state index contributed by atoms with van der Waals surface area (Å²) in [6.45, 7) is 5.55. The molecular formula is C27H26N2O5S. The van der Waals surface area contributed by atoms with Crippen LogP contribution < -0.4 is 0 Å². The fraction of sp³-hybridized carbons (Fsp3) is 0.185. The standard InChI is InChI=1S/C27H26N2O5S/c1-3-23-18-25(22-12-8-5-9-13-22)28(27(31)34-19-21-10-6-4-7-11-21)26(30)29(23)35(32,33)24-16-14-20(2)15-17-24/h3-17,23,25H,1,18-19H2,2H3/t23-,25+/m0/s1. The predicted octanol–water partition coefficient (Wildman–Crippen LogP) is 5.44. The van der Waals surface area contributed by atoms with Crippen molar-refractivity contribution in [3.05, 3.63) is 114 Å². The van der Waals surface area contributed by atoms with Crippen molar-refractivity contribution in [2.24, 2.45) is 0 Å². The lowest BCUT2D eigenvalue weighted by molar-refractivity contribution is 0.0686. The van der Waals surface area contributed by atoms with E-state index >= 15 is 0 Å². The molecule has 35 heavy (non-hydrogen) atoms. The average molecular weight is 491 g/mol. The molecule has 0 saturated carbocycles. The van der Waals surface area contributed by atoms with E-state index in [1.807, 2.05) is 31.2 Å². The van der Waals surface area contributed by atoms with Crippen molar-refractivity contribution < 1.29 is 22.7 Å². The summed E-state index contributed by atoms with van der Waals surface area (Å²) in [4.78, 5) is 27.8. The Bertz CT molecular complexity index is 1310. The van der Waals surface area contributed by atoms with Crippen LogP contribution in [0.1, 0.15) is 29.2 Å². The van der Waals surface area contributed by atoms with Gasteiger partial charge in [-0.2, -0.15) is 0 Å². The molecule has 0 spiro atoms. The van der Waals surface area contributed by atoms with Gasteiger partial charge in [0.1, 0.15) is 6.61 Å². The van der Waals surface area contributed by atoms with E-state index in [0.29, 0.717) is 5.56 Å². The van der Waals surface area contributed by atoms with Gasteiger partial charge in [-0.1, -0.05) is 84.4 Å². The van der Waals surface area contributed by atoms with Crippen molar-refractivity contribution in [3.8, 4) is 0 Å². The molecule has 4 rings (SSSR count). The molecule has 0 N–H and O–H groups in total. The second kappa shape index (κ2) is 10.1. The van der Waals surface area contributed by atoms with Crippen LogP contribution in [0.25, 0.3) is 0 Å². The minimum atomic E-state index is -4.27. The fourth-order valence-electron chi connectivity index (χ4n) is 4.06. The molecule has 1 aliphatic heterocycles. The third-order valence-electron chi connectivity index (χ3n) is 5.91. The van der Waals surface area contributed by atoms with Crippen LogP contribution in [0.4, 0.5) is 9.59 Å². The number of ether oxygens (including phenoxy) is 1. The van der Waals surface area contributed by atoms with Crippen LogP contribution in [0.2, 0.25) is 0 Å². The topological polar surface area (TPSA) is 84.0 Å². The molecule has 1 aliphatic rings. The SMILES string of the molecule is C=C[C@H]1C[C@H](c2ccccc2)N(C(=O)OCc2ccccc2)C(=O)N1S(=O)(=O)c1ccc(C)cc1. The zero-order valence-corrected chi connectivity index (χ0v) is 20.1. The van der Waals surface area contributed by atoms with Gasteiger partial charge in [0.2, 0.25) is 0 Å². The first-order valence-corrected chi connectivity index (χ1v) is 12.6. The van der Waals surface area contributed by atoms with Crippen LogP contribution in [0.5, 0.6) is 0 Å². The minimum absolute atomic E-state index is 0.0425. The molecule has 2 atom stereocenters. The number of hydrogen-bond acceptors (Lipinski definition) is 5. The van der Waals surface area contributed by atoms with Crippen molar-refractivity contribution in [3.63, 3.8) is 0 Å². The molecule has 3 aromatic rings. The number of sulfonamides is 1. The van der Waals surface area contributed by atoms with E-state index in [1.54, 1.807) is 48.5 Å². The van der Waals surface area contributed by atoms with Gasteiger partial charge in [0.25, 0.3) is 10.0 Å². The summed E-state index contributed by atoms with van der Waals surface area (Å²) < 4.78 is 33.3. The molecule has 1 fully saturated rings. The molecule has 0 radical (unpaired) electrons. The van der Waals surface area contributed by atoms with Crippen molar-refractivity contribution >= 4 is 22.1 Å². The number of amides is 3. The van der Waals surface area contributed by atoms with Gasteiger partial charge >= 0.3 is 12.1 Å². The third kappa shape index (κ3) is 4.97. The Kier molecular flexibility index (Phi) is 7.02. The van der Waals surface area contributed by atoms with Crippen molar-refractivity contribution in [2.75, 3.05) is 0 Å². The number of benzene rings is 3. The molecule has 7 nitrogen and oxygen atoms in total. The molecule has 8 heteroatoms. The molecule has 1 saturated heterocycles. The maximum atomic E-state index is 13.7. The average Bonchev–Trinajstić information content (AvgIpc) is 2.87. The highest BCUT2D eigenvalue weighted by Crippen LogP contribution is 2.37. The largest absolute Gasteiger partial charge is 0.444 e. The van der Waals surface area contributed by atoms with Gasteiger partial charge in [0.15, 0.2) is 0 Å². The highest BCUT2D eigenvalue weighted by molar-refractivity contribution is 7.89. The first-order valence-electron chi connectivity index (χ1n) is 11.2. The number of aryl methyl sites for hydroxylation is 1. The summed E-state index contributed by atoms with van der Waals surface area (Å²) in [6.07, 6.45) is 0.649. The molecule has 0 unspecified atom stereocenters. The number of imide groups is 1. The molecular weight excluding hydrogens is 464 g/mol. The predicted molar refractivity (Wildman–Crippen MR) is 132 cm³/mol. The summed E-state index contributed by atoms with van der Waals surface area (Å²) >= 11 is 0. The first kappa shape index (κ1) is 24.2. The second-order valence-electron chi connectivity index (χ2n) is 8.27. The monoisotopic (exact) mass is 490 g/mol. The van der Waals surface area contributed by atoms with Gasteiger partial charge in [-0.3, -0.25) is 0 Å². The van der Waals surface area contributed by atoms with Crippen molar-refractivity contribution in [2.45, 2.75) is 36.9 Å². The Morgan fingerprint density at radius 2 is 1.60 bits per heavy atom. The van der Waals surface area contributed by atoms with E-state index in [1.165, 1.54) is 18.2 Å². The Morgan fingerprint density at radius 3 is 2.20 bits per heavy atom. The molecule has 3 aromatic carbocycles. The number of rotatable bonds is 6. The van der Waals surface area contributed by atoms with Gasteiger partial charge in [-0.25, -0.2) is 27.2 Å². The normalized spacial score (nSPS) is 18.3. The maximum Gasteiger partial charge on any atom is 0.418 e. The number of carbonyl (C=O) groups is 2. The quantitative estimate of drug-likeness (QED) is 0.430. The van der Waals surface area contributed by atoms with Crippen LogP contribution in [0.15, 0.2) is 102 Å². The number of urea groups is 1. The number of nitrogens with zero attached hydrogens (tertiary/aromatic N) is 2. The van der Waals surface area contributed by atoms with E-state index in [2.05, 4.69) is 6.58 Å². The molecule has 1 heterocycles. The van der Waals surface area contributed by atoms with E-state index in [-0.39, 0.29) is 17.9 Å². The van der Waals surface area contributed by atoms with E-state index in [4.69, 9.17) is 4.74 Å². The lowest BCUT2D eigenvalue weighted by atomic mass is 9.96. The third-order valence-corrected chi connectivity index (χ3v) is 7.72. The van der Waals surface area contributed by atoms with Gasteiger partial charge in [0.05, 0.1) is 17.0 Å². The Labute approximate surface area is 205 Å². The highest BCUT2D eigenvalue weighted by Gasteiger charge is 2.48. The van der Waals surface area contributed by atoms with Crippen LogP contribution in [-0.2, 0) is 21.4 Å². The van der Waals surface area contributed by atoms with E-state index in [0.717, 1.165) is 20.3 Å². The maximum absolute atomic E-state index is 13.7. The van der Waals surface area contributed by atoms with Crippen molar-refractivity contribution in [1.82, 2.24) is 9.21 Å². The molecule has 0 aromatic heterocycles. The minimum Gasteiger partial charge on any atom is -0.444 e. The summed E-state index contributed by atoms with van der Waals surface area (Å²) in [7, 11) is -4.27. The van der Waals surface area contributed by atoms with Crippen molar-refractivity contribution in [1.29, 1.82) is 0 Å². The summed E-state index contributed by atoms with van der Waals surface area (Å²) in [6, 6.07) is 21.7. The Hall–Kier alpha value is -3.91. The Morgan fingerprint density at radius 1 is 1.00 bits per heavy atom. The number of hydrogen-bond donors (Lipinski definition) is 0. The summed E-state index contributed by atoms with van der Waals surface area (Å²) in [5.41, 5.74) is 2.32. The second-order valence-corrected chi connectivity index (χ2v) is 10.1.